The first kappa shape index (κ1) is 13.4. The summed E-state index contributed by atoms with van der Waals surface area (Å²) in [7, 11) is 0. The third kappa shape index (κ3) is 3.50. The van der Waals surface area contributed by atoms with Crippen LogP contribution in [0.1, 0.15) is 31.4 Å². The zero-order valence-corrected chi connectivity index (χ0v) is 10.7. The average molecular weight is 254 g/mol. The summed E-state index contributed by atoms with van der Waals surface area (Å²) >= 11 is 0. The van der Waals surface area contributed by atoms with Crippen LogP contribution in [0.5, 0.6) is 0 Å². The van der Waals surface area contributed by atoms with E-state index < -0.39 is 17.7 Å². The Kier molecular flexibility index (Phi) is 4.30. The highest BCUT2D eigenvalue weighted by Crippen LogP contribution is 2.30. The van der Waals surface area contributed by atoms with Crippen LogP contribution in [0.25, 0.3) is 0 Å². The maximum atomic E-state index is 13.6. The molecule has 2 nitrogen and oxygen atoms in total. The van der Waals surface area contributed by atoms with Crippen LogP contribution in [0.4, 0.5) is 8.78 Å². The molecule has 1 aromatic rings. The Hall–Kier alpha value is -1.00. The molecule has 1 aliphatic rings. The van der Waals surface area contributed by atoms with Crippen molar-refractivity contribution in [2.24, 2.45) is 11.7 Å². The van der Waals surface area contributed by atoms with Gasteiger partial charge in [-0.15, -0.1) is 0 Å². The standard InChI is InChI=1S/C14H20F2N2/c1-2-18(8-10-3-4-10)9-14(17)12-6-5-11(15)7-13(12)16/h5-7,10,14H,2-4,8-9,17H2,1H3. The van der Waals surface area contributed by atoms with Gasteiger partial charge < -0.3 is 10.6 Å². The molecule has 0 radical (unpaired) electrons. The summed E-state index contributed by atoms with van der Waals surface area (Å²) in [5, 5.41) is 0. The van der Waals surface area contributed by atoms with Gasteiger partial charge in [0.1, 0.15) is 11.6 Å². The number of nitrogens with two attached hydrogens (primary N) is 1. The topological polar surface area (TPSA) is 29.3 Å². The van der Waals surface area contributed by atoms with E-state index in [4.69, 9.17) is 5.73 Å². The van der Waals surface area contributed by atoms with Gasteiger partial charge in [-0.3, -0.25) is 0 Å². The summed E-state index contributed by atoms with van der Waals surface area (Å²) in [5.41, 5.74) is 6.41. The van der Waals surface area contributed by atoms with Gasteiger partial charge in [-0.05, 0) is 31.4 Å². The van der Waals surface area contributed by atoms with Crippen LogP contribution in [0.15, 0.2) is 18.2 Å². The predicted molar refractivity (Wildman–Crippen MR) is 68.1 cm³/mol. The lowest BCUT2D eigenvalue weighted by Crippen LogP contribution is -2.34. The molecule has 2 rings (SSSR count). The normalized spacial score (nSPS) is 17.2. The molecule has 1 saturated carbocycles. The van der Waals surface area contributed by atoms with Gasteiger partial charge >= 0.3 is 0 Å². The number of hydrogen-bond donors (Lipinski definition) is 1. The average Bonchev–Trinajstić information content (AvgIpc) is 3.11. The maximum Gasteiger partial charge on any atom is 0.130 e. The molecule has 2 N–H and O–H groups in total. The van der Waals surface area contributed by atoms with E-state index in [1.807, 2.05) is 0 Å². The Bertz CT molecular complexity index is 405. The van der Waals surface area contributed by atoms with E-state index in [-0.39, 0.29) is 0 Å². The van der Waals surface area contributed by atoms with Crippen LogP contribution in [-0.4, -0.2) is 24.5 Å². The van der Waals surface area contributed by atoms with E-state index in [1.165, 1.54) is 25.0 Å². The van der Waals surface area contributed by atoms with Gasteiger partial charge in [-0.2, -0.15) is 0 Å². The fraction of sp³-hybridized carbons (Fsp3) is 0.571. The van der Waals surface area contributed by atoms with Gasteiger partial charge in [0.2, 0.25) is 0 Å². The van der Waals surface area contributed by atoms with Gasteiger partial charge in [0, 0.05) is 30.8 Å². The lowest BCUT2D eigenvalue weighted by Gasteiger charge is -2.24. The highest BCUT2D eigenvalue weighted by atomic mass is 19.1. The monoisotopic (exact) mass is 254 g/mol. The van der Waals surface area contributed by atoms with Crippen LogP contribution in [0.2, 0.25) is 0 Å². The van der Waals surface area contributed by atoms with E-state index in [2.05, 4.69) is 11.8 Å². The molecule has 0 amide bonds. The lowest BCUT2D eigenvalue weighted by atomic mass is 10.1. The van der Waals surface area contributed by atoms with Crippen molar-refractivity contribution in [2.45, 2.75) is 25.8 Å². The molecule has 4 heteroatoms. The number of hydrogen-bond acceptors (Lipinski definition) is 2. The zero-order valence-electron chi connectivity index (χ0n) is 10.7. The Balaban J connectivity index is 1.98. The number of benzene rings is 1. The van der Waals surface area contributed by atoms with Crippen LogP contribution < -0.4 is 5.73 Å². The van der Waals surface area contributed by atoms with E-state index in [1.54, 1.807) is 0 Å². The zero-order chi connectivity index (χ0) is 13.1. The Morgan fingerprint density at radius 3 is 2.67 bits per heavy atom. The van der Waals surface area contributed by atoms with Crippen molar-refractivity contribution in [3.8, 4) is 0 Å². The van der Waals surface area contributed by atoms with Crippen molar-refractivity contribution >= 4 is 0 Å². The molecular weight excluding hydrogens is 234 g/mol. The van der Waals surface area contributed by atoms with E-state index >= 15 is 0 Å². The molecule has 100 valence electrons. The van der Waals surface area contributed by atoms with Crippen molar-refractivity contribution in [1.29, 1.82) is 0 Å². The number of halogens is 2. The molecule has 18 heavy (non-hydrogen) atoms. The summed E-state index contributed by atoms with van der Waals surface area (Å²) < 4.78 is 26.4. The smallest absolute Gasteiger partial charge is 0.130 e. The highest BCUT2D eigenvalue weighted by molar-refractivity contribution is 5.22. The molecule has 1 unspecified atom stereocenters. The molecule has 0 heterocycles. The Morgan fingerprint density at radius 1 is 1.39 bits per heavy atom. The minimum absolute atomic E-state index is 0.394. The quantitative estimate of drug-likeness (QED) is 0.845. The lowest BCUT2D eigenvalue weighted by molar-refractivity contribution is 0.258. The summed E-state index contributed by atoms with van der Waals surface area (Å²) in [6.45, 7) is 4.64. The van der Waals surface area contributed by atoms with Crippen molar-refractivity contribution < 1.29 is 8.78 Å². The Morgan fingerprint density at radius 2 is 2.11 bits per heavy atom. The highest BCUT2D eigenvalue weighted by Gasteiger charge is 2.25. The van der Waals surface area contributed by atoms with Crippen LogP contribution in [0.3, 0.4) is 0 Å². The SMILES string of the molecule is CCN(CC1CC1)CC(N)c1ccc(F)cc1F. The third-order valence-corrected chi connectivity index (χ3v) is 3.48. The second-order valence-corrected chi connectivity index (χ2v) is 5.07. The molecule has 1 aliphatic carbocycles. The van der Waals surface area contributed by atoms with Crippen LogP contribution in [0, 0.1) is 17.6 Å². The van der Waals surface area contributed by atoms with Crippen molar-refractivity contribution in [3.05, 3.63) is 35.4 Å². The molecule has 0 saturated heterocycles. The van der Waals surface area contributed by atoms with Gasteiger partial charge in [0.15, 0.2) is 0 Å². The fourth-order valence-corrected chi connectivity index (χ4v) is 2.18. The number of likely N-dealkylation sites (N-methyl/N-ethyl adjacent to an activating group) is 1. The predicted octanol–water partition coefficient (Wildman–Crippen LogP) is 2.70. The number of nitrogens with zero attached hydrogens (tertiary/aromatic N) is 1. The molecule has 0 spiro atoms. The summed E-state index contributed by atoms with van der Waals surface area (Å²) in [6.07, 6.45) is 2.58. The fourth-order valence-electron chi connectivity index (χ4n) is 2.18. The largest absolute Gasteiger partial charge is 0.323 e. The molecule has 0 aliphatic heterocycles. The van der Waals surface area contributed by atoms with Gasteiger partial charge in [-0.1, -0.05) is 13.0 Å². The van der Waals surface area contributed by atoms with Gasteiger partial charge in [0.05, 0.1) is 0 Å². The van der Waals surface area contributed by atoms with Gasteiger partial charge in [0.25, 0.3) is 0 Å². The second-order valence-electron chi connectivity index (χ2n) is 5.07. The van der Waals surface area contributed by atoms with Crippen LogP contribution >= 0.6 is 0 Å². The third-order valence-electron chi connectivity index (χ3n) is 3.48. The van der Waals surface area contributed by atoms with Gasteiger partial charge in [-0.25, -0.2) is 8.78 Å². The minimum atomic E-state index is -0.561. The summed E-state index contributed by atoms with van der Waals surface area (Å²) in [4.78, 5) is 2.24. The van der Waals surface area contributed by atoms with E-state index in [0.717, 1.165) is 25.1 Å². The number of rotatable bonds is 6. The molecule has 0 bridgehead atoms. The van der Waals surface area contributed by atoms with E-state index in [0.29, 0.717) is 12.1 Å². The van der Waals surface area contributed by atoms with Crippen molar-refractivity contribution in [3.63, 3.8) is 0 Å². The maximum absolute atomic E-state index is 13.6. The second kappa shape index (κ2) is 5.76. The first-order valence-corrected chi connectivity index (χ1v) is 6.53. The van der Waals surface area contributed by atoms with Crippen LogP contribution in [-0.2, 0) is 0 Å². The molecule has 1 fully saturated rings. The summed E-state index contributed by atoms with van der Waals surface area (Å²) in [6, 6.07) is 3.20. The Labute approximate surface area is 107 Å². The molecule has 1 aromatic carbocycles. The van der Waals surface area contributed by atoms with Crippen molar-refractivity contribution in [1.82, 2.24) is 4.90 Å². The first-order chi connectivity index (χ1) is 8.60. The molecule has 1 atom stereocenters. The van der Waals surface area contributed by atoms with E-state index in [9.17, 15) is 8.78 Å². The minimum Gasteiger partial charge on any atom is -0.323 e. The first-order valence-electron chi connectivity index (χ1n) is 6.53. The summed E-state index contributed by atoms with van der Waals surface area (Å²) in [5.74, 6) is -0.325. The van der Waals surface area contributed by atoms with Crippen molar-refractivity contribution in [2.75, 3.05) is 19.6 Å². The molecule has 0 aromatic heterocycles. The molecular formula is C14H20F2N2.